The minimum absolute atomic E-state index is 0.0122. The Labute approximate surface area is 88.6 Å². The topological polar surface area (TPSA) is 26.3 Å². The molecule has 0 saturated heterocycles. The smallest absolute Gasteiger partial charge is 0.293 e. The first kappa shape index (κ1) is 10.3. The van der Waals surface area contributed by atoms with E-state index in [9.17, 15) is 4.79 Å². The molecule has 0 radical (unpaired) electrons. The van der Waals surface area contributed by atoms with Crippen molar-refractivity contribution in [1.29, 1.82) is 0 Å². The third-order valence-electron chi connectivity index (χ3n) is 2.33. The van der Waals surface area contributed by atoms with E-state index in [0.717, 1.165) is 4.48 Å². The van der Waals surface area contributed by atoms with Crippen molar-refractivity contribution in [2.75, 3.05) is 0 Å². The Morgan fingerprint density at radius 2 is 2.17 bits per heavy atom. The quantitative estimate of drug-likeness (QED) is 0.749. The highest BCUT2D eigenvalue weighted by molar-refractivity contribution is 9.14. The number of hydrogen-bond donors (Lipinski definition) is 0. The molecule has 4 heteroatoms. The predicted molar refractivity (Wildman–Crippen MR) is 54.1 cm³/mol. The second kappa shape index (κ2) is 3.50. The monoisotopic (exact) mass is 296 g/mol. The molecule has 0 aromatic heterocycles. The summed E-state index contributed by atoms with van der Waals surface area (Å²) < 4.78 is 5.97. The molecule has 2 unspecified atom stereocenters. The lowest BCUT2D eigenvalue weighted by molar-refractivity contribution is -0.130. The summed E-state index contributed by atoms with van der Waals surface area (Å²) in [6, 6.07) is 0. The van der Waals surface area contributed by atoms with E-state index in [0.29, 0.717) is 12.4 Å². The highest BCUT2D eigenvalue weighted by Gasteiger charge is 2.61. The van der Waals surface area contributed by atoms with Gasteiger partial charge in [-0.3, -0.25) is 4.79 Å². The van der Waals surface area contributed by atoms with Crippen LogP contribution in [0.15, 0.2) is 9.47 Å². The maximum atomic E-state index is 10.1. The Morgan fingerprint density at radius 3 is 2.58 bits per heavy atom. The molecule has 1 saturated carbocycles. The first-order valence-corrected chi connectivity index (χ1v) is 5.31. The number of rotatable bonds is 3. The van der Waals surface area contributed by atoms with Gasteiger partial charge in [-0.2, -0.15) is 0 Å². The minimum atomic E-state index is 0.0122. The van der Waals surface area contributed by atoms with Crippen LogP contribution in [0.4, 0.5) is 0 Å². The van der Waals surface area contributed by atoms with E-state index in [4.69, 9.17) is 4.74 Å². The van der Waals surface area contributed by atoms with E-state index in [1.807, 2.05) is 4.99 Å². The Kier molecular flexibility index (Phi) is 2.99. The molecule has 0 aromatic rings. The van der Waals surface area contributed by atoms with Gasteiger partial charge in [0, 0.05) is 15.8 Å². The van der Waals surface area contributed by atoms with Crippen LogP contribution < -0.4 is 0 Å². The van der Waals surface area contributed by atoms with E-state index in [1.165, 1.54) is 0 Å². The molecule has 1 rings (SSSR count). The van der Waals surface area contributed by atoms with Crippen LogP contribution in [0.1, 0.15) is 13.8 Å². The molecule has 68 valence electrons. The molecule has 2 nitrogen and oxygen atoms in total. The SMILES string of the molecule is CC1(C)C(OC=O)C1C(Br)=CBr. The molecule has 1 fully saturated rings. The molecule has 0 aromatic carbocycles. The van der Waals surface area contributed by atoms with Crippen molar-refractivity contribution in [3.05, 3.63) is 9.47 Å². The summed E-state index contributed by atoms with van der Waals surface area (Å²) in [6.07, 6.45) is 0.0122. The molecule has 0 spiro atoms. The van der Waals surface area contributed by atoms with E-state index >= 15 is 0 Å². The van der Waals surface area contributed by atoms with Crippen LogP contribution in [-0.2, 0) is 9.53 Å². The Bertz CT molecular complexity index is 223. The van der Waals surface area contributed by atoms with Gasteiger partial charge in [-0.05, 0) is 4.99 Å². The fourth-order valence-corrected chi connectivity index (χ4v) is 2.59. The minimum Gasteiger partial charge on any atom is -0.463 e. The predicted octanol–water partition coefficient (Wildman–Crippen LogP) is 2.82. The summed E-state index contributed by atoms with van der Waals surface area (Å²) in [5.41, 5.74) is 0.0595. The van der Waals surface area contributed by atoms with E-state index in [2.05, 4.69) is 45.7 Å². The van der Waals surface area contributed by atoms with Gasteiger partial charge in [-0.25, -0.2) is 0 Å². The Morgan fingerprint density at radius 1 is 1.58 bits per heavy atom. The van der Waals surface area contributed by atoms with Crippen LogP contribution in [0.5, 0.6) is 0 Å². The maximum Gasteiger partial charge on any atom is 0.293 e. The third-order valence-corrected chi connectivity index (χ3v) is 4.16. The van der Waals surface area contributed by atoms with Crippen molar-refractivity contribution in [3.8, 4) is 0 Å². The second-order valence-corrected chi connectivity index (χ2v) is 4.82. The molecule has 0 bridgehead atoms. The van der Waals surface area contributed by atoms with Gasteiger partial charge in [0.2, 0.25) is 0 Å². The molecule has 0 aliphatic heterocycles. The number of carbonyl (C=O) groups is 1. The van der Waals surface area contributed by atoms with Gasteiger partial charge < -0.3 is 4.74 Å². The normalized spacial score (nSPS) is 32.8. The Hall–Kier alpha value is 0.170. The first-order chi connectivity index (χ1) is 5.55. The Balaban J connectivity index is 2.66. The van der Waals surface area contributed by atoms with Crippen molar-refractivity contribution in [3.63, 3.8) is 0 Å². The van der Waals surface area contributed by atoms with Gasteiger partial charge in [0.15, 0.2) is 0 Å². The zero-order valence-electron chi connectivity index (χ0n) is 6.88. The lowest BCUT2D eigenvalue weighted by Gasteiger charge is -1.98. The third kappa shape index (κ3) is 1.59. The van der Waals surface area contributed by atoms with Crippen LogP contribution in [0, 0.1) is 11.3 Å². The molecule has 0 N–H and O–H groups in total. The fraction of sp³-hybridized carbons (Fsp3) is 0.625. The molecular formula is C8H10Br2O2. The molecule has 0 amide bonds. The van der Waals surface area contributed by atoms with Crippen molar-refractivity contribution < 1.29 is 9.53 Å². The van der Waals surface area contributed by atoms with Crippen LogP contribution in [0.3, 0.4) is 0 Å². The second-order valence-electron chi connectivity index (χ2n) is 3.45. The maximum absolute atomic E-state index is 10.1. The van der Waals surface area contributed by atoms with Crippen molar-refractivity contribution in [2.24, 2.45) is 11.3 Å². The number of hydrogen-bond acceptors (Lipinski definition) is 2. The van der Waals surface area contributed by atoms with Gasteiger partial charge in [0.1, 0.15) is 6.10 Å². The van der Waals surface area contributed by atoms with Crippen molar-refractivity contribution in [1.82, 2.24) is 0 Å². The van der Waals surface area contributed by atoms with Crippen LogP contribution in [-0.4, -0.2) is 12.6 Å². The first-order valence-electron chi connectivity index (χ1n) is 3.60. The van der Waals surface area contributed by atoms with Crippen LogP contribution in [0.25, 0.3) is 0 Å². The lowest BCUT2D eigenvalue weighted by atomic mass is 10.1. The molecule has 2 atom stereocenters. The average molecular weight is 298 g/mol. The standard InChI is InChI=1S/C8H10Br2O2/c1-8(2)6(5(10)3-9)7(8)12-4-11/h3-4,6-7H,1-2H3. The highest BCUT2D eigenvalue weighted by atomic mass is 79.9. The number of halogens is 2. The number of carbonyl (C=O) groups excluding carboxylic acids is 1. The molecule has 1 aliphatic rings. The summed E-state index contributed by atoms with van der Waals surface area (Å²) in [5, 5.41) is 0. The molecular weight excluding hydrogens is 288 g/mol. The average Bonchev–Trinajstić information content (AvgIpc) is 2.53. The zero-order valence-corrected chi connectivity index (χ0v) is 10.1. The van der Waals surface area contributed by atoms with Crippen molar-refractivity contribution in [2.45, 2.75) is 20.0 Å². The molecule has 12 heavy (non-hydrogen) atoms. The van der Waals surface area contributed by atoms with E-state index < -0.39 is 0 Å². The summed E-state index contributed by atoms with van der Waals surface area (Å²) >= 11 is 6.64. The summed E-state index contributed by atoms with van der Waals surface area (Å²) in [5.74, 6) is 0.294. The van der Waals surface area contributed by atoms with Gasteiger partial charge in [0.25, 0.3) is 6.47 Å². The zero-order chi connectivity index (χ0) is 9.35. The molecule has 0 heterocycles. The van der Waals surface area contributed by atoms with E-state index in [-0.39, 0.29) is 11.5 Å². The highest BCUT2D eigenvalue weighted by Crippen LogP contribution is 2.59. The molecule has 1 aliphatic carbocycles. The van der Waals surface area contributed by atoms with Crippen LogP contribution >= 0.6 is 31.9 Å². The van der Waals surface area contributed by atoms with Gasteiger partial charge in [0.05, 0.1) is 0 Å². The summed E-state index contributed by atoms with van der Waals surface area (Å²) in [7, 11) is 0. The summed E-state index contributed by atoms with van der Waals surface area (Å²) in [6.45, 7) is 4.66. The van der Waals surface area contributed by atoms with Crippen molar-refractivity contribution >= 4 is 38.3 Å². The fourth-order valence-electron chi connectivity index (χ4n) is 1.47. The van der Waals surface area contributed by atoms with Crippen LogP contribution in [0.2, 0.25) is 0 Å². The van der Waals surface area contributed by atoms with E-state index in [1.54, 1.807) is 0 Å². The van der Waals surface area contributed by atoms with Gasteiger partial charge in [-0.15, -0.1) is 0 Å². The summed E-state index contributed by atoms with van der Waals surface area (Å²) in [4.78, 5) is 11.9. The van der Waals surface area contributed by atoms with Gasteiger partial charge >= 0.3 is 0 Å². The number of ether oxygens (including phenoxy) is 1. The van der Waals surface area contributed by atoms with Gasteiger partial charge in [-0.1, -0.05) is 45.7 Å². The largest absolute Gasteiger partial charge is 0.463 e. The lowest BCUT2D eigenvalue weighted by Crippen LogP contribution is -1.98.